The van der Waals surface area contributed by atoms with Crippen LogP contribution < -0.4 is 14.5 Å². The van der Waals surface area contributed by atoms with Gasteiger partial charge in [0.15, 0.2) is 0 Å². The average molecular weight is 603 g/mol. The molecule has 0 bridgehead atoms. The highest BCUT2D eigenvalue weighted by Crippen LogP contribution is 2.38. The van der Waals surface area contributed by atoms with Crippen molar-refractivity contribution in [3.63, 3.8) is 0 Å². The predicted molar refractivity (Wildman–Crippen MR) is 147 cm³/mol. The monoisotopic (exact) mass is 601 g/mol. The van der Waals surface area contributed by atoms with Crippen molar-refractivity contribution in [1.82, 2.24) is 0 Å². The van der Waals surface area contributed by atoms with Crippen LogP contribution >= 0.6 is 31.9 Å². The Kier molecular flexibility index (Phi) is 7.37. The van der Waals surface area contributed by atoms with E-state index in [1.54, 1.807) is 36.4 Å². The van der Waals surface area contributed by atoms with Crippen LogP contribution in [0.1, 0.15) is 10.4 Å². The van der Waals surface area contributed by atoms with Crippen molar-refractivity contribution in [1.29, 1.82) is 0 Å². The third kappa shape index (κ3) is 5.02. The van der Waals surface area contributed by atoms with E-state index in [-0.39, 0.29) is 5.56 Å². The molecule has 0 fully saturated rings. The molecular formula is C25H21Br2N3O3S. The van der Waals surface area contributed by atoms with Gasteiger partial charge in [-0.1, -0.05) is 56.1 Å². The number of fused-ring (bicyclic) bond motifs is 1. The second-order valence-corrected chi connectivity index (χ2v) is 10.3. The summed E-state index contributed by atoms with van der Waals surface area (Å²) in [5.74, 6) is -0.400. The van der Waals surface area contributed by atoms with Gasteiger partial charge in [0, 0.05) is 45.2 Å². The summed E-state index contributed by atoms with van der Waals surface area (Å²) in [7, 11) is 3.89. The van der Waals surface area contributed by atoms with Gasteiger partial charge in [-0.25, -0.2) is 8.51 Å². The molecule has 1 unspecified atom stereocenters. The molecule has 0 aromatic heterocycles. The van der Waals surface area contributed by atoms with Gasteiger partial charge in [-0.2, -0.15) is 0 Å². The van der Waals surface area contributed by atoms with Gasteiger partial charge in [0.25, 0.3) is 17.2 Å². The summed E-state index contributed by atoms with van der Waals surface area (Å²) in [6.45, 7) is 0. The van der Waals surface area contributed by atoms with Crippen molar-refractivity contribution in [3.05, 3.63) is 93.4 Å². The van der Waals surface area contributed by atoms with Gasteiger partial charge in [0.2, 0.25) is 0 Å². The van der Waals surface area contributed by atoms with Gasteiger partial charge in [0.1, 0.15) is 0 Å². The van der Waals surface area contributed by atoms with Crippen molar-refractivity contribution in [2.75, 3.05) is 28.6 Å². The zero-order chi connectivity index (χ0) is 24.4. The van der Waals surface area contributed by atoms with E-state index in [2.05, 4.69) is 37.2 Å². The van der Waals surface area contributed by atoms with Gasteiger partial charge in [-0.15, -0.1) is 0 Å². The van der Waals surface area contributed by atoms with E-state index in [4.69, 9.17) is 0 Å². The number of halogens is 2. The first-order valence-corrected chi connectivity index (χ1v) is 12.9. The number of carbonyl (C=O) groups is 1. The van der Waals surface area contributed by atoms with Crippen molar-refractivity contribution >= 4 is 82.6 Å². The fourth-order valence-corrected chi connectivity index (χ4v) is 5.02. The van der Waals surface area contributed by atoms with Crippen LogP contribution in [0.2, 0.25) is 0 Å². The van der Waals surface area contributed by atoms with Crippen LogP contribution in [0.25, 0.3) is 10.8 Å². The Labute approximate surface area is 217 Å². The van der Waals surface area contributed by atoms with Crippen LogP contribution in [-0.2, 0) is 11.3 Å². The number of nitrogens with one attached hydrogen (secondary N) is 1. The number of amides is 1. The summed E-state index contributed by atoms with van der Waals surface area (Å²) in [5.41, 5.74) is 2.66. The van der Waals surface area contributed by atoms with Gasteiger partial charge in [-0.05, 0) is 54.6 Å². The SMILES string of the molecule is CN(C)c1cccc2c(N(c3ccc(Br)cc3C(=O)Nc3ccc(Br)cc3)S(=O)O)cccc12. The summed E-state index contributed by atoms with van der Waals surface area (Å²) in [6.07, 6.45) is 0. The van der Waals surface area contributed by atoms with E-state index in [1.165, 1.54) is 4.31 Å². The molecule has 0 radical (unpaired) electrons. The molecule has 0 spiro atoms. The van der Waals surface area contributed by atoms with Gasteiger partial charge in [0.05, 0.1) is 16.9 Å². The van der Waals surface area contributed by atoms with Crippen LogP contribution in [0.15, 0.2) is 87.8 Å². The average Bonchev–Trinajstić information content (AvgIpc) is 2.81. The summed E-state index contributed by atoms with van der Waals surface area (Å²) >= 11 is 4.36. The number of benzene rings is 4. The molecule has 4 rings (SSSR count). The summed E-state index contributed by atoms with van der Waals surface area (Å²) in [4.78, 5) is 15.3. The molecule has 6 nitrogen and oxygen atoms in total. The summed E-state index contributed by atoms with van der Waals surface area (Å²) < 4.78 is 25.9. The molecular weight excluding hydrogens is 582 g/mol. The lowest BCUT2D eigenvalue weighted by Gasteiger charge is -2.25. The molecule has 9 heteroatoms. The summed E-state index contributed by atoms with van der Waals surface area (Å²) in [5, 5.41) is 4.58. The number of rotatable bonds is 6. The van der Waals surface area contributed by atoms with E-state index in [0.29, 0.717) is 21.5 Å². The van der Waals surface area contributed by atoms with E-state index in [9.17, 15) is 13.6 Å². The first kappa shape index (κ1) is 24.4. The second kappa shape index (κ2) is 10.3. The molecule has 2 N–H and O–H groups in total. The minimum Gasteiger partial charge on any atom is -0.377 e. The first-order valence-electron chi connectivity index (χ1n) is 10.2. The van der Waals surface area contributed by atoms with Crippen LogP contribution in [0.5, 0.6) is 0 Å². The van der Waals surface area contributed by atoms with Crippen molar-refractivity contribution in [2.45, 2.75) is 0 Å². The van der Waals surface area contributed by atoms with Crippen LogP contribution in [0.4, 0.5) is 22.7 Å². The minimum absolute atomic E-state index is 0.250. The number of hydrogen-bond acceptors (Lipinski definition) is 3. The Morgan fingerprint density at radius 3 is 2.03 bits per heavy atom. The molecule has 4 aromatic carbocycles. The maximum absolute atomic E-state index is 13.3. The number of hydrogen-bond donors (Lipinski definition) is 2. The van der Waals surface area contributed by atoms with Crippen molar-refractivity contribution < 1.29 is 13.6 Å². The zero-order valence-electron chi connectivity index (χ0n) is 18.3. The molecule has 1 amide bonds. The Hall–Kier alpha value is -2.72. The predicted octanol–water partition coefficient (Wildman–Crippen LogP) is 6.96. The smallest absolute Gasteiger partial charge is 0.266 e. The second-order valence-electron chi connectivity index (χ2n) is 7.69. The lowest BCUT2D eigenvalue weighted by atomic mass is 10.1. The van der Waals surface area contributed by atoms with Gasteiger partial charge in [-0.3, -0.25) is 9.35 Å². The topological polar surface area (TPSA) is 72.9 Å². The molecule has 0 aliphatic rings. The maximum Gasteiger partial charge on any atom is 0.266 e. The Bertz CT molecular complexity index is 1390. The molecule has 0 aliphatic carbocycles. The van der Waals surface area contributed by atoms with Crippen molar-refractivity contribution in [2.24, 2.45) is 0 Å². The van der Waals surface area contributed by atoms with E-state index in [0.717, 1.165) is 20.9 Å². The third-order valence-electron chi connectivity index (χ3n) is 5.26. The number of anilines is 4. The highest BCUT2D eigenvalue weighted by molar-refractivity contribution is 9.10. The Morgan fingerprint density at radius 2 is 1.41 bits per heavy atom. The van der Waals surface area contributed by atoms with Gasteiger partial charge >= 0.3 is 0 Å². The number of carbonyl (C=O) groups excluding carboxylic acids is 1. The fourth-order valence-electron chi connectivity index (χ4n) is 3.74. The lowest BCUT2D eigenvalue weighted by molar-refractivity contribution is 0.102. The molecule has 0 saturated carbocycles. The fraction of sp³-hybridized carbons (Fsp3) is 0.0800. The zero-order valence-corrected chi connectivity index (χ0v) is 22.3. The van der Waals surface area contributed by atoms with Gasteiger partial charge < -0.3 is 10.2 Å². The standard InChI is InChI=1S/C25H21Br2N3O3S/c1-29(2)22-7-3-6-20-19(22)5-4-8-23(20)30(34(32)33)24-14-11-17(27)15-21(24)25(31)28-18-12-9-16(26)10-13-18/h3-15H,1-2H3,(H,28,31)(H,32,33). The molecule has 4 aromatic rings. The van der Waals surface area contributed by atoms with E-state index in [1.807, 2.05) is 61.5 Å². The third-order valence-corrected chi connectivity index (χ3v) is 6.98. The summed E-state index contributed by atoms with van der Waals surface area (Å²) in [6, 6.07) is 23.6. The lowest BCUT2D eigenvalue weighted by Crippen LogP contribution is -2.24. The highest BCUT2D eigenvalue weighted by atomic mass is 79.9. The Balaban J connectivity index is 1.86. The molecule has 174 valence electrons. The maximum atomic E-state index is 13.3. The van der Waals surface area contributed by atoms with Crippen LogP contribution in [0, 0.1) is 0 Å². The van der Waals surface area contributed by atoms with E-state index < -0.39 is 17.2 Å². The highest BCUT2D eigenvalue weighted by Gasteiger charge is 2.24. The molecule has 0 saturated heterocycles. The minimum atomic E-state index is -2.44. The molecule has 0 heterocycles. The van der Waals surface area contributed by atoms with E-state index >= 15 is 0 Å². The Morgan fingerprint density at radius 1 is 0.824 bits per heavy atom. The molecule has 1 atom stereocenters. The van der Waals surface area contributed by atoms with Crippen LogP contribution in [-0.4, -0.2) is 28.8 Å². The van der Waals surface area contributed by atoms with Crippen LogP contribution in [0.3, 0.4) is 0 Å². The first-order chi connectivity index (χ1) is 16.3. The normalized spacial score (nSPS) is 11.8. The largest absolute Gasteiger partial charge is 0.377 e. The molecule has 0 aliphatic heterocycles. The quantitative estimate of drug-likeness (QED) is 0.234. The number of nitrogens with zero attached hydrogens (tertiary/aromatic N) is 2. The van der Waals surface area contributed by atoms with Crippen molar-refractivity contribution in [3.8, 4) is 0 Å². The molecule has 34 heavy (non-hydrogen) atoms.